The molecule has 1 N–H and O–H groups in total. The van der Waals surface area contributed by atoms with Gasteiger partial charge in [0, 0.05) is 19.6 Å². The number of hydrogen-bond acceptors (Lipinski definition) is 4. The van der Waals surface area contributed by atoms with Crippen LogP contribution < -0.4 is 5.32 Å². The summed E-state index contributed by atoms with van der Waals surface area (Å²) in [5.41, 5.74) is 1.13. The van der Waals surface area contributed by atoms with Gasteiger partial charge in [-0.15, -0.1) is 0 Å². The van der Waals surface area contributed by atoms with Crippen LogP contribution in [0.4, 0.5) is 4.39 Å². The summed E-state index contributed by atoms with van der Waals surface area (Å²) in [7, 11) is -3.67. The summed E-state index contributed by atoms with van der Waals surface area (Å²) in [6, 6.07) is 13.3. The van der Waals surface area contributed by atoms with Crippen LogP contribution in [0, 0.1) is 12.7 Å². The normalized spacial score (nSPS) is 20.0. The van der Waals surface area contributed by atoms with Crippen molar-refractivity contribution in [3.63, 3.8) is 0 Å². The summed E-state index contributed by atoms with van der Waals surface area (Å²) in [4.78, 5) is 27.6. The van der Waals surface area contributed by atoms with Crippen LogP contribution in [0.3, 0.4) is 0 Å². The van der Waals surface area contributed by atoms with E-state index in [1.165, 1.54) is 17.0 Å². The first-order valence-corrected chi connectivity index (χ1v) is 11.7. The van der Waals surface area contributed by atoms with Crippen molar-refractivity contribution in [3.05, 3.63) is 71.0 Å². The van der Waals surface area contributed by atoms with E-state index in [1.807, 2.05) is 31.2 Å². The fourth-order valence-corrected chi connectivity index (χ4v) is 4.49. The fraction of sp³-hybridized carbons (Fsp3) is 0.364. The first-order chi connectivity index (χ1) is 14.5. The van der Waals surface area contributed by atoms with E-state index in [2.05, 4.69) is 5.32 Å². The first kappa shape index (κ1) is 22.9. The molecule has 2 amide bonds. The number of nitrogens with one attached hydrogen (secondary N) is 1. The van der Waals surface area contributed by atoms with Crippen molar-refractivity contribution in [2.45, 2.75) is 32.5 Å². The second-order valence-electron chi connectivity index (χ2n) is 8.08. The molecule has 0 aromatic heterocycles. The molecule has 166 valence electrons. The minimum atomic E-state index is -3.67. The van der Waals surface area contributed by atoms with Gasteiger partial charge in [-0.25, -0.2) is 12.8 Å². The molecule has 1 aliphatic heterocycles. The number of halogens is 1. The zero-order valence-corrected chi connectivity index (χ0v) is 18.6. The molecule has 0 radical (unpaired) electrons. The van der Waals surface area contributed by atoms with Crippen molar-refractivity contribution in [1.29, 1.82) is 0 Å². The van der Waals surface area contributed by atoms with Crippen molar-refractivity contribution < 1.29 is 22.4 Å². The summed E-state index contributed by atoms with van der Waals surface area (Å²) < 4.78 is 38.5. The first-order valence-electron chi connectivity index (χ1n) is 9.83. The maximum Gasteiger partial charge on any atom is 0.247 e. The minimum absolute atomic E-state index is 0.125. The fourth-order valence-electron chi connectivity index (χ4n) is 3.66. The van der Waals surface area contributed by atoms with Gasteiger partial charge in [0.15, 0.2) is 0 Å². The average molecular weight is 448 g/mol. The number of rotatable bonds is 6. The molecule has 2 aromatic carbocycles. The highest BCUT2D eigenvalue weighted by atomic mass is 32.2. The van der Waals surface area contributed by atoms with E-state index in [0.29, 0.717) is 5.56 Å². The molecular weight excluding hydrogens is 421 g/mol. The van der Waals surface area contributed by atoms with Crippen LogP contribution in [0.25, 0.3) is 0 Å². The Morgan fingerprint density at radius 3 is 2.45 bits per heavy atom. The van der Waals surface area contributed by atoms with Gasteiger partial charge < -0.3 is 10.2 Å². The Kier molecular flexibility index (Phi) is 6.47. The summed E-state index contributed by atoms with van der Waals surface area (Å²) in [6.45, 7) is 3.34. The lowest BCUT2D eigenvalue weighted by molar-refractivity contribution is -0.153. The Morgan fingerprint density at radius 2 is 1.84 bits per heavy atom. The van der Waals surface area contributed by atoms with Crippen LogP contribution in [-0.4, -0.2) is 54.3 Å². The van der Waals surface area contributed by atoms with E-state index in [9.17, 15) is 22.4 Å². The maximum atomic E-state index is 13.2. The van der Waals surface area contributed by atoms with Gasteiger partial charge in [0.2, 0.25) is 21.8 Å². The quantitative estimate of drug-likeness (QED) is 0.732. The highest BCUT2D eigenvalue weighted by Crippen LogP contribution is 2.27. The Balaban J connectivity index is 1.88. The van der Waals surface area contributed by atoms with Crippen molar-refractivity contribution >= 4 is 21.8 Å². The molecule has 0 unspecified atom stereocenters. The largest absolute Gasteiger partial charge is 0.350 e. The molecule has 1 saturated heterocycles. The smallest absolute Gasteiger partial charge is 0.247 e. The molecule has 0 bridgehead atoms. The molecule has 7 nitrogen and oxygen atoms in total. The zero-order chi connectivity index (χ0) is 22.8. The van der Waals surface area contributed by atoms with Gasteiger partial charge >= 0.3 is 0 Å². The maximum absolute atomic E-state index is 13.2. The van der Waals surface area contributed by atoms with Crippen molar-refractivity contribution in [2.75, 3.05) is 19.3 Å². The monoisotopic (exact) mass is 447 g/mol. The topological polar surface area (TPSA) is 86.8 Å². The van der Waals surface area contributed by atoms with Crippen molar-refractivity contribution in [1.82, 2.24) is 14.5 Å². The number of piperazine rings is 1. The molecule has 0 aliphatic carbocycles. The van der Waals surface area contributed by atoms with E-state index < -0.39 is 27.4 Å². The van der Waals surface area contributed by atoms with E-state index in [4.69, 9.17) is 0 Å². The van der Waals surface area contributed by atoms with Gasteiger partial charge in [0.1, 0.15) is 11.4 Å². The molecule has 2 aromatic rings. The Labute approximate surface area is 181 Å². The summed E-state index contributed by atoms with van der Waals surface area (Å²) in [5, 5.41) is 2.77. The lowest BCUT2D eigenvalue weighted by Gasteiger charge is -2.46. The molecule has 0 spiro atoms. The standard InChI is InChI=1S/C22H26FN3O4S/c1-16-5-4-6-18(11-16)13-26-20(27)14-25(31(3,29)30)15-22(26,2)21(28)24-12-17-7-9-19(23)10-8-17/h4-11H,12-15H2,1-3H3,(H,24,28)/t22-/m0/s1. The summed E-state index contributed by atoms with van der Waals surface area (Å²) >= 11 is 0. The van der Waals surface area contributed by atoms with Crippen LogP contribution in [0.15, 0.2) is 48.5 Å². The SMILES string of the molecule is Cc1cccc(CN2C(=O)CN(S(C)(=O)=O)C[C@@]2(C)C(=O)NCc2ccc(F)cc2)c1. The molecular formula is C22H26FN3O4S. The molecule has 1 heterocycles. The van der Waals surface area contributed by atoms with Crippen molar-refractivity contribution in [2.24, 2.45) is 0 Å². The lowest BCUT2D eigenvalue weighted by Crippen LogP contribution is -2.69. The minimum Gasteiger partial charge on any atom is -0.350 e. The molecule has 0 saturated carbocycles. The summed E-state index contributed by atoms with van der Waals surface area (Å²) in [6.07, 6.45) is 1.02. The number of hydrogen-bond donors (Lipinski definition) is 1. The zero-order valence-electron chi connectivity index (χ0n) is 17.8. The number of amides is 2. The summed E-state index contributed by atoms with van der Waals surface area (Å²) in [5.74, 6) is -1.31. The van der Waals surface area contributed by atoms with Gasteiger partial charge in [-0.05, 0) is 37.1 Å². The van der Waals surface area contributed by atoms with Gasteiger partial charge in [-0.2, -0.15) is 4.31 Å². The number of benzene rings is 2. The van der Waals surface area contributed by atoms with Crippen LogP contribution in [0.2, 0.25) is 0 Å². The molecule has 1 aliphatic rings. The van der Waals surface area contributed by atoms with Gasteiger partial charge in [-0.1, -0.05) is 42.0 Å². The van der Waals surface area contributed by atoms with Gasteiger partial charge in [-0.3, -0.25) is 9.59 Å². The van der Waals surface area contributed by atoms with Crippen LogP contribution in [0.5, 0.6) is 0 Å². The molecule has 3 rings (SSSR count). The average Bonchev–Trinajstić information content (AvgIpc) is 2.69. The van der Waals surface area contributed by atoms with E-state index >= 15 is 0 Å². The Hall–Kier alpha value is -2.78. The molecule has 9 heteroatoms. The number of carbonyl (C=O) groups is 2. The third-order valence-corrected chi connectivity index (χ3v) is 6.64. The number of nitrogens with zero attached hydrogens (tertiary/aromatic N) is 2. The predicted molar refractivity (Wildman–Crippen MR) is 115 cm³/mol. The van der Waals surface area contributed by atoms with Gasteiger partial charge in [0.05, 0.1) is 12.8 Å². The number of sulfonamides is 1. The Morgan fingerprint density at radius 1 is 1.16 bits per heavy atom. The van der Waals surface area contributed by atoms with Gasteiger partial charge in [0.25, 0.3) is 0 Å². The van der Waals surface area contributed by atoms with E-state index in [-0.39, 0.29) is 32.0 Å². The predicted octanol–water partition coefficient (Wildman–Crippen LogP) is 1.81. The van der Waals surface area contributed by atoms with Crippen LogP contribution in [0.1, 0.15) is 23.6 Å². The number of carbonyl (C=O) groups excluding carboxylic acids is 2. The molecule has 1 fully saturated rings. The second kappa shape index (κ2) is 8.76. The van der Waals surface area contributed by atoms with Crippen LogP contribution in [-0.2, 0) is 32.7 Å². The molecule has 31 heavy (non-hydrogen) atoms. The number of aryl methyl sites for hydroxylation is 1. The molecule has 1 atom stereocenters. The van der Waals surface area contributed by atoms with Crippen molar-refractivity contribution in [3.8, 4) is 0 Å². The van der Waals surface area contributed by atoms with Crippen LogP contribution >= 0.6 is 0 Å². The van der Waals surface area contributed by atoms with E-state index in [0.717, 1.165) is 21.7 Å². The van der Waals surface area contributed by atoms with E-state index in [1.54, 1.807) is 19.1 Å². The lowest BCUT2D eigenvalue weighted by atomic mass is 9.94. The third-order valence-electron chi connectivity index (χ3n) is 5.44. The highest BCUT2D eigenvalue weighted by Gasteiger charge is 2.49. The highest BCUT2D eigenvalue weighted by molar-refractivity contribution is 7.88. The second-order valence-corrected chi connectivity index (χ2v) is 10.1. The Bertz CT molecular complexity index is 1090. The third kappa shape index (κ3) is 5.29.